The second-order valence-corrected chi connectivity index (χ2v) is 6.59. The molecule has 0 spiro atoms. The highest BCUT2D eigenvalue weighted by atomic mass is 16.5. The molecule has 0 radical (unpaired) electrons. The summed E-state index contributed by atoms with van der Waals surface area (Å²) in [6.07, 6.45) is 2.39. The Kier molecular flexibility index (Phi) is 5.77. The fraction of sp³-hybridized carbons (Fsp3) is 0.556. The summed E-state index contributed by atoms with van der Waals surface area (Å²) >= 11 is 0. The molecular formula is C18H26N4O3. The zero-order chi connectivity index (χ0) is 18.7. The Morgan fingerprint density at radius 3 is 2.56 bits per heavy atom. The third kappa shape index (κ3) is 3.81. The number of ether oxygens (including phenoxy) is 1. The van der Waals surface area contributed by atoms with Crippen LogP contribution in [0.15, 0.2) is 12.3 Å². The Labute approximate surface area is 147 Å². The molecule has 25 heavy (non-hydrogen) atoms. The molecule has 0 aliphatic heterocycles. The number of pyridine rings is 1. The summed E-state index contributed by atoms with van der Waals surface area (Å²) < 4.78 is 6.62. The fourth-order valence-electron chi connectivity index (χ4n) is 2.72. The first-order valence-electron chi connectivity index (χ1n) is 8.53. The topological polar surface area (TPSA) is 86.1 Å². The van der Waals surface area contributed by atoms with Gasteiger partial charge in [-0.25, -0.2) is 14.5 Å². The quantitative estimate of drug-likeness (QED) is 0.813. The number of nitrogens with one attached hydrogen (secondary N) is 1. The molecule has 7 heteroatoms. The largest absolute Gasteiger partial charge is 0.467 e. The van der Waals surface area contributed by atoms with Gasteiger partial charge in [0.2, 0.25) is 0 Å². The molecule has 2 heterocycles. The number of aromatic nitrogens is 3. The number of nitrogens with zero attached hydrogens (tertiary/aromatic N) is 3. The molecule has 2 aromatic rings. The van der Waals surface area contributed by atoms with Gasteiger partial charge in [-0.05, 0) is 32.8 Å². The molecule has 0 saturated heterocycles. The van der Waals surface area contributed by atoms with Crippen LogP contribution in [0.5, 0.6) is 0 Å². The van der Waals surface area contributed by atoms with Crippen molar-refractivity contribution in [2.45, 2.75) is 53.1 Å². The molecule has 2 atom stereocenters. The molecular weight excluding hydrogens is 320 g/mol. The Bertz CT molecular complexity index is 782. The highest BCUT2D eigenvalue weighted by Crippen LogP contribution is 2.21. The number of rotatable bonds is 6. The maximum atomic E-state index is 12.9. The van der Waals surface area contributed by atoms with E-state index in [0.29, 0.717) is 16.6 Å². The molecule has 0 saturated carbocycles. The predicted octanol–water partition coefficient (Wildman–Crippen LogP) is 2.64. The van der Waals surface area contributed by atoms with E-state index in [2.05, 4.69) is 15.4 Å². The highest BCUT2D eigenvalue weighted by Gasteiger charge is 2.28. The minimum absolute atomic E-state index is 0.0341. The lowest BCUT2D eigenvalue weighted by atomic mass is 9.98. The standard InChI is InChI=1S/C18H26N4O3/c1-7-11(4)15(18(24)25-6)21-17(23)13-8-12(5)20-16-14(13)9-19-22(16)10(2)3/h8-11,15H,7H2,1-6H3,(H,21,23). The van der Waals surface area contributed by atoms with Gasteiger partial charge >= 0.3 is 5.97 Å². The Balaban J connectivity index is 2.43. The van der Waals surface area contributed by atoms with E-state index in [4.69, 9.17) is 4.74 Å². The summed E-state index contributed by atoms with van der Waals surface area (Å²) in [4.78, 5) is 29.4. The molecule has 136 valence electrons. The van der Waals surface area contributed by atoms with Crippen molar-refractivity contribution < 1.29 is 14.3 Å². The average Bonchev–Trinajstić information content (AvgIpc) is 3.01. The maximum Gasteiger partial charge on any atom is 0.328 e. The van der Waals surface area contributed by atoms with Crippen LogP contribution < -0.4 is 5.32 Å². The van der Waals surface area contributed by atoms with Crippen LogP contribution in [0.3, 0.4) is 0 Å². The van der Waals surface area contributed by atoms with Gasteiger partial charge in [0.1, 0.15) is 6.04 Å². The van der Waals surface area contributed by atoms with E-state index < -0.39 is 12.0 Å². The summed E-state index contributed by atoms with van der Waals surface area (Å²) in [5, 5.41) is 7.83. The van der Waals surface area contributed by atoms with Crippen LogP contribution in [0.25, 0.3) is 11.0 Å². The van der Waals surface area contributed by atoms with Crippen molar-refractivity contribution in [2.24, 2.45) is 5.92 Å². The first kappa shape index (κ1) is 18.9. The highest BCUT2D eigenvalue weighted by molar-refractivity contribution is 6.06. The number of amides is 1. The van der Waals surface area contributed by atoms with Crippen LogP contribution in [0, 0.1) is 12.8 Å². The Morgan fingerprint density at radius 2 is 2.00 bits per heavy atom. The molecule has 0 aliphatic carbocycles. The van der Waals surface area contributed by atoms with Gasteiger partial charge in [-0.3, -0.25) is 4.79 Å². The second kappa shape index (κ2) is 7.63. The zero-order valence-electron chi connectivity index (χ0n) is 15.7. The van der Waals surface area contributed by atoms with E-state index in [0.717, 1.165) is 12.1 Å². The van der Waals surface area contributed by atoms with Crippen molar-refractivity contribution in [1.29, 1.82) is 0 Å². The number of aryl methyl sites for hydroxylation is 1. The smallest absolute Gasteiger partial charge is 0.328 e. The number of methoxy groups -OCH3 is 1. The number of carbonyl (C=O) groups excluding carboxylic acids is 2. The fourth-order valence-corrected chi connectivity index (χ4v) is 2.72. The average molecular weight is 346 g/mol. The van der Waals surface area contributed by atoms with Gasteiger partial charge in [0, 0.05) is 11.7 Å². The molecule has 1 amide bonds. The van der Waals surface area contributed by atoms with Crippen molar-refractivity contribution >= 4 is 22.9 Å². The molecule has 0 fully saturated rings. The van der Waals surface area contributed by atoms with Crippen LogP contribution in [0.2, 0.25) is 0 Å². The number of esters is 1. The third-order valence-corrected chi connectivity index (χ3v) is 4.38. The van der Waals surface area contributed by atoms with E-state index in [9.17, 15) is 9.59 Å². The summed E-state index contributed by atoms with van der Waals surface area (Å²) in [7, 11) is 1.32. The molecule has 0 bridgehead atoms. The van der Waals surface area contributed by atoms with Gasteiger partial charge in [-0.1, -0.05) is 20.3 Å². The van der Waals surface area contributed by atoms with E-state index in [-0.39, 0.29) is 17.9 Å². The van der Waals surface area contributed by atoms with Crippen molar-refractivity contribution in [2.75, 3.05) is 7.11 Å². The van der Waals surface area contributed by atoms with Crippen LogP contribution in [-0.2, 0) is 9.53 Å². The van der Waals surface area contributed by atoms with Crippen LogP contribution >= 0.6 is 0 Å². The van der Waals surface area contributed by atoms with Crippen molar-refractivity contribution in [3.8, 4) is 0 Å². The van der Waals surface area contributed by atoms with Crippen molar-refractivity contribution in [3.05, 3.63) is 23.5 Å². The second-order valence-electron chi connectivity index (χ2n) is 6.59. The molecule has 0 aliphatic rings. The summed E-state index contributed by atoms with van der Waals surface area (Å²) in [6.45, 7) is 9.72. The number of hydrogen-bond donors (Lipinski definition) is 1. The Hall–Kier alpha value is -2.44. The first-order valence-corrected chi connectivity index (χ1v) is 8.53. The lowest BCUT2D eigenvalue weighted by molar-refractivity contribution is -0.144. The molecule has 2 aromatic heterocycles. The normalized spacial score (nSPS) is 13.7. The van der Waals surface area contributed by atoms with Crippen LogP contribution in [-0.4, -0.2) is 39.8 Å². The zero-order valence-corrected chi connectivity index (χ0v) is 15.7. The lowest BCUT2D eigenvalue weighted by Gasteiger charge is -2.22. The first-order chi connectivity index (χ1) is 11.8. The molecule has 2 unspecified atom stereocenters. The SMILES string of the molecule is CCC(C)C(NC(=O)c1cc(C)nc2c1cnn2C(C)C)C(=O)OC. The van der Waals surface area contributed by atoms with E-state index in [1.54, 1.807) is 16.9 Å². The summed E-state index contributed by atoms with van der Waals surface area (Å²) in [6, 6.07) is 1.16. The minimum Gasteiger partial charge on any atom is -0.467 e. The number of fused-ring (bicyclic) bond motifs is 1. The van der Waals surface area contributed by atoms with Gasteiger partial charge in [-0.15, -0.1) is 0 Å². The molecule has 0 aromatic carbocycles. The minimum atomic E-state index is -0.689. The summed E-state index contributed by atoms with van der Waals surface area (Å²) in [5.41, 5.74) is 1.85. The third-order valence-electron chi connectivity index (χ3n) is 4.38. The molecule has 2 rings (SSSR count). The Morgan fingerprint density at radius 1 is 1.32 bits per heavy atom. The monoisotopic (exact) mass is 346 g/mol. The summed E-state index contributed by atoms with van der Waals surface area (Å²) in [5.74, 6) is -0.801. The number of carbonyl (C=O) groups is 2. The predicted molar refractivity (Wildman–Crippen MR) is 95.4 cm³/mol. The van der Waals surface area contributed by atoms with Crippen molar-refractivity contribution in [3.63, 3.8) is 0 Å². The van der Waals surface area contributed by atoms with Gasteiger partial charge < -0.3 is 10.1 Å². The van der Waals surface area contributed by atoms with E-state index in [1.165, 1.54) is 7.11 Å². The van der Waals surface area contributed by atoms with E-state index >= 15 is 0 Å². The lowest BCUT2D eigenvalue weighted by Crippen LogP contribution is -2.45. The van der Waals surface area contributed by atoms with Gasteiger partial charge in [-0.2, -0.15) is 5.10 Å². The van der Waals surface area contributed by atoms with Gasteiger partial charge in [0.05, 0.1) is 24.3 Å². The van der Waals surface area contributed by atoms with Gasteiger partial charge in [0.25, 0.3) is 5.91 Å². The van der Waals surface area contributed by atoms with Crippen LogP contribution in [0.1, 0.15) is 56.2 Å². The van der Waals surface area contributed by atoms with Gasteiger partial charge in [0.15, 0.2) is 5.65 Å². The molecule has 1 N–H and O–H groups in total. The maximum absolute atomic E-state index is 12.9. The van der Waals surface area contributed by atoms with Crippen LogP contribution in [0.4, 0.5) is 0 Å². The van der Waals surface area contributed by atoms with Crippen molar-refractivity contribution in [1.82, 2.24) is 20.1 Å². The van der Waals surface area contributed by atoms with E-state index in [1.807, 2.05) is 34.6 Å². The molecule has 7 nitrogen and oxygen atoms in total. The number of hydrogen-bond acceptors (Lipinski definition) is 5.